The Bertz CT molecular complexity index is 712. The minimum Gasteiger partial charge on any atom is -0.439 e. The SMILES string of the molecule is ClCc1cccnc1Oc1ccc2ccccc2c1. The molecule has 0 N–H and O–H groups in total. The Morgan fingerprint density at radius 3 is 2.63 bits per heavy atom. The first-order valence-electron chi connectivity index (χ1n) is 6.03. The number of hydrogen-bond acceptors (Lipinski definition) is 2. The molecule has 0 radical (unpaired) electrons. The number of ether oxygens (including phenoxy) is 1. The van der Waals surface area contributed by atoms with Crippen molar-refractivity contribution in [2.24, 2.45) is 0 Å². The second-order valence-electron chi connectivity index (χ2n) is 4.21. The minimum absolute atomic E-state index is 0.386. The minimum atomic E-state index is 0.386. The molecule has 0 aliphatic carbocycles. The Labute approximate surface area is 116 Å². The van der Waals surface area contributed by atoms with Crippen molar-refractivity contribution in [2.75, 3.05) is 0 Å². The molecule has 94 valence electrons. The third kappa shape index (κ3) is 2.54. The average molecular weight is 270 g/mol. The van der Waals surface area contributed by atoms with E-state index in [0.29, 0.717) is 11.8 Å². The smallest absolute Gasteiger partial charge is 0.223 e. The van der Waals surface area contributed by atoms with Crippen LogP contribution in [0.2, 0.25) is 0 Å². The van der Waals surface area contributed by atoms with Crippen LogP contribution in [0.15, 0.2) is 60.8 Å². The van der Waals surface area contributed by atoms with Gasteiger partial charge in [0.2, 0.25) is 5.88 Å². The normalized spacial score (nSPS) is 10.6. The molecule has 1 aromatic heterocycles. The van der Waals surface area contributed by atoms with Gasteiger partial charge in [-0.05, 0) is 29.0 Å². The molecule has 0 aliphatic rings. The summed E-state index contributed by atoms with van der Waals surface area (Å²) in [6.45, 7) is 0. The topological polar surface area (TPSA) is 22.1 Å². The number of aromatic nitrogens is 1. The van der Waals surface area contributed by atoms with Crippen molar-refractivity contribution in [1.82, 2.24) is 4.98 Å². The number of pyridine rings is 1. The first-order chi connectivity index (χ1) is 9.36. The fourth-order valence-corrected chi connectivity index (χ4v) is 2.16. The molecule has 0 atom stereocenters. The fourth-order valence-electron chi connectivity index (χ4n) is 1.96. The van der Waals surface area contributed by atoms with Crippen LogP contribution in [0.4, 0.5) is 0 Å². The van der Waals surface area contributed by atoms with Crippen molar-refractivity contribution in [3.05, 3.63) is 66.4 Å². The largest absolute Gasteiger partial charge is 0.439 e. The van der Waals surface area contributed by atoms with Crippen molar-refractivity contribution in [2.45, 2.75) is 5.88 Å². The van der Waals surface area contributed by atoms with Gasteiger partial charge in [-0.15, -0.1) is 11.6 Å². The molecular formula is C16H12ClNO. The Kier molecular flexibility index (Phi) is 3.34. The predicted molar refractivity (Wildman–Crippen MR) is 77.8 cm³/mol. The average Bonchev–Trinajstić information content (AvgIpc) is 2.48. The molecule has 2 aromatic carbocycles. The number of hydrogen-bond donors (Lipinski definition) is 0. The zero-order valence-electron chi connectivity index (χ0n) is 10.2. The van der Waals surface area contributed by atoms with Gasteiger partial charge in [-0.25, -0.2) is 4.98 Å². The molecule has 0 saturated heterocycles. The highest BCUT2D eigenvalue weighted by atomic mass is 35.5. The van der Waals surface area contributed by atoms with E-state index < -0.39 is 0 Å². The van der Waals surface area contributed by atoms with Crippen molar-refractivity contribution in [3.8, 4) is 11.6 Å². The van der Waals surface area contributed by atoms with Crippen molar-refractivity contribution in [3.63, 3.8) is 0 Å². The molecule has 2 nitrogen and oxygen atoms in total. The van der Waals surface area contributed by atoms with Gasteiger partial charge in [0.05, 0.1) is 5.88 Å². The van der Waals surface area contributed by atoms with Gasteiger partial charge < -0.3 is 4.74 Å². The van der Waals surface area contributed by atoms with E-state index >= 15 is 0 Å². The standard InChI is InChI=1S/C16H12ClNO/c17-11-14-6-3-9-18-16(14)19-15-8-7-12-4-1-2-5-13(12)10-15/h1-10H,11H2. The Balaban J connectivity index is 1.96. The van der Waals surface area contributed by atoms with Crippen LogP contribution in [0.25, 0.3) is 10.8 Å². The second-order valence-corrected chi connectivity index (χ2v) is 4.48. The number of alkyl halides is 1. The summed E-state index contributed by atoms with van der Waals surface area (Å²) in [6, 6.07) is 17.9. The van der Waals surface area contributed by atoms with Gasteiger partial charge in [-0.3, -0.25) is 0 Å². The maximum atomic E-state index is 5.87. The van der Waals surface area contributed by atoms with E-state index in [1.165, 1.54) is 5.39 Å². The highest BCUT2D eigenvalue weighted by Crippen LogP contribution is 2.27. The molecule has 0 bridgehead atoms. The highest BCUT2D eigenvalue weighted by molar-refractivity contribution is 6.17. The number of nitrogens with zero attached hydrogens (tertiary/aromatic N) is 1. The van der Waals surface area contributed by atoms with Gasteiger partial charge in [0, 0.05) is 11.8 Å². The lowest BCUT2D eigenvalue weighted by Crippen LogP contribution is -1.92. The fraction of sp³-hybridized carbons (Fsp3) is 0.0625. The third-order valence-corrected chi connectivity index (χ3v) is 3.22. The Morgan fingerprint density at radius 1 is 0.947 bits per heavy atom. The van der Waals surface area contributed by atoms with Crippen LogP contribution >= 0.6 is 11.6 Å². The first-order valence-corrected chi connectivity index (χ1v) is 6.57. The molecule has 0 unspecified atom stereocenters. The zero-order valence-corrected chi connectivity index (χ0v) is 11.0. The molecule has 3 heteroatoms. The lowest BCUT2D eigenvalue weighted by Gasteiger charge is -2.08. The monoisotopic (exact) mass is 269 g/mol. The van der Waals surface area contributed by atoms with Crippen LogP contribution in [-0.2, 0) is 5.88 Å². The summed E-state index contributed by atoms with van der Waals surface area (Å²) in [5, 5.41) is 2.33. The molecule has 0 saturated carbocycles. The van der Waals surface area contributed by atoms with E-state index in [9.17, 15) is 0 Å². The van der Waals surface area contributed by atoms with Gasteiger partial charge in [0.25, 0.3) is 0 Å². The van der Waals surface area contributed by atoms with E-state index in [2.05, 4.69) is 17.1 Å². The molecule has 0 aliphatic heterocycles. The molecule has 3 rings (SSSR count). The number of benzene rings is 2. The van der Waals surface area contributed by atoms with E-state index in [1.807, 2.05) is 42.5 Å². The number of rotatable bonds is 3. The summed E-state index contributed by atoms with van der Waals surface area (Å²) in [5.41, 5.74) is 0.886. The van der Waals surface area contributed by atoms with E-state index in [0.717, 1.165) is 16.7 Å². The quantitative estimate of drug-likeness (QED) is 0.639. The maximum absolute atomic E-state index is 5.87. The van der Waals surface area contributed by atoms with E-state index in [4.69, 9.17) is 16.3 Å². The molecule has 0 amide bonds. The van der Waals surface area contributed by atoms with Crippen LogP contribution in [-0.4, -0.2) is 4.98 Å². The number of halogens is 1. The molecular weight excluding hydrogens is 258 g/mol. The summed E-state index contributed by atoms with van der Waals surface area (Å²) < 4.78 is 5.81. The zero-order chi connectivity index (χ0) is 13.1. The van der Waals surface area contributed by atoms with Gasteiger partial charge >= 0.3 is 0 Å². The summed E-state index contributed by atoms with van der Waals surface area (Å²) in [5.74, 6) is 1.72. The van der Waals surface area contributed by atoms with Crippen molar-refractivity contribution in [1.29, 1.82) is 0 Å². The predicted octanol–water partition coefficient (Wildman–Crippen LogP) is 4.77. The van der Waals surface area contributed by atoms with Gasteiger partial charge in [-0.1, -0.05) is 36.4 Å². The maximum Gasteiger partial charge on any atom is 0.223 e. The molecule has 3 aromatic rings. The van der Waals surface area contributed by atoms with Crippen molar-refractivity contribution < 1.29 is 4.74 Å². The third-order valence-electron chi connectivity index (χ3n) is 2.93. The van der Waals surface area contributed by atoms with E-state index in [1.54, 1.807) is 6.20 Å². The summed E-state index contributed by atoms with van der Waals surface area (Å²) in [4.78, 5) is 4.22. The summed E-state index contributed by atoms with van der Waals surface area (Å²) in [7, 11) is 0. The molecule has 19 heavy (non-hydrogen) atoms. The Hall–Kier alpha value is -2.06. The van der Waals surface area contributed by atoms with Gasteiger partial charge in [-0.2, -0.15) is 0 Å². The van der Waals surface area contributed by atoms with Crippen LogP contribution in [0.1, 0.15) is 5.56 Å². The summed E-state index contributed by atoms with van der Waals surface area (Å²) >= 11 is 5.87. The van der Waals surface area contributed by atoms with Gasteiger partial charge in [0.15, 0.2) is 0 Å². The highest BCUT2D eigenvalue weighted by Gasteiger charge is 2.05. The van der Waals surface area contributed by atoms with E-state index in [-0.39, 0.29) is 0 Å². The van der Waals surface area contributed by atoms with Crippen LogP contribution in [0, 0.1) is 0 Å². The lowest BCUT2D eigenvalue weighted by atomic mass is 10.1. The second kappa shape index (κ2) is 5.29. The van der Waals surface area contributed by atoms with Crippen LogP contribution < -0.4 is 4.74 Å². The molecule has 1 heterocycles. The van der Waals surface area contributed by atoms with Crippen LogP contribution in [0.3, 0.4) is 0 Å². The Morgan fingerprint density at radius 2 is 1.79 bits per heavy atom. The van der Waals surface area contributed by atoms with Crippen LogP contribution in [0.5, 0.6) is 11.6 Å². The van der Waals surface area contributed by atoms with Gasteiger partial charge in [0.1, 0.15) is 5.75 Å². The number of fused-ring (bicyclic) bond motifs is 1. The first kappa shape index (κ1) is 12.0. The molecule has 0 spiro atoms. The van der Waals surface area contributed by atoms with Crippen molar-refractivity contribution >= 4 is 22.4 Å². The lowest BCUT2D eigenvalue weighted by molar-refractivity contribution is 0.459. The summed E-state index contributed by atoms with van der Waals surface area (Å²) in [6.07, 6.45) is 1.70. The molecule has 0 fully saturated rings.